The Morgan fingerprint density at radius 3 is 2.20 bits per heavy atom. The fourth-order valence-electron chi connectivity index (χ4n) is 2.91. The van der Waals surface area contributed by atoms with E-state index < -0.39 is 24.2 Å². The first-order valence-corrected chi connectivity index (χ1v) is 8.03. The number of hydrogen-bond acceptors (Lipinski definition) is 3. The maximum atomic E-state index is 13.2. The van der Waals surface area contributed by atoms with Crippen LogP contribution in [0.15, 0.2) is 54.6 Å². The highest BCUT2D eigenvalue weighted by molar-refractivity contribution is 5.83. The monoisotopic (exact) mass is 343 g/mol. The summed E-state index contributed by atoms with van der Waals surface area (Å²) in [5, 5.41) is 11.9. The molecule has 0 saturated carbocycles. The number of aliphatic carboxylic acids is 1. The number of halogens is 1. The van der Waals surface area contributed by atoms with E-state index in [1.165, 1.54) is 12.1 Å². The molecule has 2 aromatic rings. The first kappa shape index (κ1) is 17.1. The number of carboxylic acids is 1. The molecule has 25 heavy (non-hydrogen) atoms. The van der Waals surface area contributed by atoms with Gasteiger partial charge in [0.15, 0.2) is 6.10 Å². The van der Waals surface area contributed by atoms with Crippen molar-refractivity contribution in [1.82, 2.24) is 5.32 Å². The van der Waals surface area contributed by atoms with E-state index in [2.05, 4.69) is 5.32 Å². The number of hydrogen-bond donors (Lipinski definition) is 2. The van der Waals surface area contributed by atoms with Crippen LogP contribution < -0.4 is 5.32 Å². The zero-order valence-corrected chi connectivity index (χ0v) is 13.4. The van der Waals surface area contributed by atoms with E-state index in [1.807, 2.05) is 30.3 Å². The predicted molar refractivity (Wildman–Crippen MR) is 88.4 cm³/mol. The van der Waals surface area contributed by atoms with Crippen LogP contribution in [0, 0.1) is 5.82 Å². The van der Waals surface area contributed by atoms with Gasteiger partial charge in [0.05, 0.1) is 6.04 Å². The summed E-state index contributed by atoms with van der Waals surface area (Å²) < 4.78 is 18.5. The Balaban J connectivity index is 1.80. The molecule has 0 bridgehead atoms. The van der Waals surface area contributed by atoms with Crippen LogP contribution in [0.1, 0.15) is 30.0 Å². The third-order valence-corrected chi connectivity index (χ3v) is 4.21. The van der Waals surface area contributed by atoms with Crippen LogP contribution in [-0.4, -0.2) is 29.2 Å². The van der Waals surface area contributed by atoms with Crippen LogP contribution in [0.4, 0.5) is 4.39 Å². The third-order valence-electron chi connectivity index (χ3n) is 4.21. The molecule has 1 unspecified atom stereocenters. The molecule has 2 N–H and O–H groups in total. The first-order valence-electron chi connectivity index (χ1n) is 8.03. The van der Waals surface area contributed by atoms with Crippen LogP contribution in [0.25, 0.3) is 0 Å². The fraction of sp³-hybridized carbons (Fsp3) is 0.263. The highest BCUT2D eigenvalue weighted by Crippen LogP contribution is 2.25. The summed E-state index contributed by atoms with van der Waals surface area (Å²) in [6.07, 6.45) is -1.09. The highest BCUT2D eigenvalue weighted by atomic mass is 19.1. The number of carbonyl (C=O) groups excluding carboxylic acids is 1. The quantitative estimate of drug-likeness (QED) is 0.875. The highest BCUT2D eigenvalue weighted by Gasteiger charge is 2.35. The Morgan fingerprint density at radius 2 is 1.60 bits per heavy atom. The Kier molecular flexibility index (Phi) is 5.09. The van der Waals surface area contributed by atoms with Crippen LogP contribution >= 0.6 is 0 Å². The molecule has 1 aliphatic rings. The smallest absolute Gasteiger partial charge is 0.332 e. The number of amides is 1. The average molecular weight is 343 g/mol. The second kappa shape index (κ2) is 7.44. The molecule has 2 aromatic carbocycles. The summed E-state index contributed by atoms with van der Waals surface area (Å²) in [4.78, 5) is 23.5. The summed E-state index contributed by atoms with van der Waals surface area (Å²) in [7, 11) is 0. The van der Waals surface area contributed by atoms with E-state index in [4.69, 9.17) is 9.84 Å². The molecular weight excluding hydrogens is 325 g/mol. The minimum absolute atomic E-state index is 0.306. The van der Waals surface area contributed by atoms with E-state index in [0.717, 1.165) is 11.1 Å². The lowest BCUT2D eigenvalue weighted by Crippen LogP contribution is -2.38. The van der Waals surface area contributed by atoms with Crippen molar-refractivity contribution < 1.29 is 23.8 Å². The van der Waals surface area contributed by atoms with Crippen molar-refractivity contribution in [2.45, 2.75) is 31.1 Å². The number of nitrogens with one attached hydrogen (secondary N) is 1. The molecule has 5 nitrogen and oxygen atoms in total. The van der Waals surface area contributed by atoms with Gasteiger partial charge in [-0.25, -0.2) is 9.18 Å². The van der Waals surface area contributed by atoms with Gasteiger partial charge in [0.25, 0.3) is 0 Å². The van der Waals surface area contributed by atoms with Crippen molar-refractivity contribution in [1.29, 1.82) is 0 Å². The molecule has 1 fully saturated rings. The van der Waals surface area contributed by atoms with Gasteiger partial charge in [-0.05, 0) is 36.1 Å². The van der Waals surface area contributed by atoms with E-state index >= 15 is 0 Å². The van der Waals surface area contributed by atoms with Gasteiger partial charge in [0.2, 0.25) is 5.91 Å². The van der Waals surface area contributed by atoms with Crippen LogP contribution in [0.3, 0.4) is 0 Å². The summed E-state index contributed by atoms with van der Waals surface area (Å²) >= 11 is 0. The van der Waals surface area contributed by atoms with E-state index in [-0.39, 0.29) is 11.7 Å². The third kappa shape index (κ3) is 4.03. The zero-order valence-electron chi connectivity index (χ0n) is 13.4. The molecule has 3 atom stereocenters. The second-order valence-electron chi connectivity index (χ2n) is 5.93. The fourth-order valence-corrected chi connectivity index (χ4v) is 2.91. The lowest BCUT2D eigenvalue weighted by atomic mass is 9.98. The molecule has 130 valence electrons. The van der Waals surface area contributed by atoms with Gasteiger partial charge in [0, 0.05) is 0 Å². The number of benzene rings is 2. The number of rotatable bonds is 5. The molecule has 1 saturated heterocycles. The molecule has 3 rings (SSSR count). The van der Waals surface area contributed by atoms with E-state index in [9.17, 15) is 14.0 Å². The Bertz CT molecular complexity index is 748. The summed E-state index contributed by atoms with van der Waals surface area (Å²) in [6.45, 7) is 0. The number of carboxylic acid groups (broad SMARTS) is 1. The number of carbonyl (C=O) groups is 2. The zero-order chi connectivity index (χ0) is 17.8. The Labute approximate surface area is 144 Å². The lowest BCUT2D eigenvalue weighted by Gasteiger charge is -2.22. The molecule has 0 aliphatic carbocycles. The van der Waals surface area contributed by atoms with Crippen LogP contribution in [0.2, 0.25) is 0 Å². The molecule has 6 heteroatoms. The van der Waals surface area contributed by atoms with Gasteiger partial charge < -0.3 is 15.2 Å². The van der Waals surface area contributed by atoms with Gasteiger partial charge >= 0.3 is 5.97 Å². The van der Waals surface area contributed by atoms with Gasteiger partial charge in [-0.15, -0.1) is 0 Å². The molecule has 1 amide bonds. The first-order chi connectivity index (χ1) is 12.0. The van der Waals surface area contributed by atoms with Gasteiger partial charge in [-0.2, -0.15) is 0 Å². The SMILES string of the molecule is O=C(NC(c1ccccc1)c1ccc(F)cc1)[C@@H]1CC[C@H](C(=O)O)O1. The normalized spacial score (nSPS) is 20.8. The van der Waals surface area contributed by atoms with Crippen molar-refractivity contribution in [3.63, 3.8) is 0 Å². The average Bonchev–Trinajstić information content (AvgIpc) is 3.12. The molecule has 0 spiro atoms. The van der Waals surface area contributed by atoms with Gasteiger partial charge in [-0.1, -0.05) is 42.5 Å². The van der Waals surface area contributed by atoms with Gasteiger partial charge in [0.1, 0.15) is 11.9 Å². The van der Waals surface area contributed by atoms with E-state index in [1.54, 1.807) is 12.1 Å². The molecule has 1 heterocycles. The summed E-state index contributed by atoms with van der Waals surface area (Å²) in [5.74, 6) is -1.79. The van der Waals surface area contributed by atoms with Crippen molar-refractivity contribution in [2.24, 2.45) is 0 Å². The maximum absolute atomic E-state index is 13.2. The predicted octanol–water partition coefficient (Wildman–Crippen LogP) is 2.66. The number of ether oxygens (including phenoxy) is 1. The summed E-state index contributed by atoms with van der Waals surface area (Å²) in [5.41, 5.74) is 1.57. The standard InChI is InChI=1S/C19H18FNO4/c20-14-8-6-13(7-9-14)17(12-4-2-1-3-5-12)21-18(22)15-10-11-16(25-15)19(23)24/h1-9,15-17H,10-11H2,(H,21,22)(H,23,24)/t15-,16+,17?/m0/s1. The topological polar surface area (TPSA) is 75.6 Å². The van der Waals surface area contributed by atoms with Gasteiger partial charge in [-0.3, -0.25) is 4.79 Å². The Morgan fingerprint density at radius 1 is 1.00 bits per heavy atom. The van der Waals surface area contributed by atoms with Crippen LogP contribution in [0.5, 0.6) is 0 Å². The Hall–Kier alpha value is -2.73. The summed E-state index contributed by atoms with van der Waals surface area (Å²) in [6, 6.07) is 14.7. The minimum atomic E-state index is -1.06. The maximum Gasteiger partial charge on any atom is 0.332 e. The molecule has 1 aliphatic heterocycles. The van der Waals surface area contributed by atoms with Crippen molar-refractivity contribution >= 4 is 11.9 Å². The minimum Gasteiger partial charge on any atom is -0.479 e. The lowest BCUT2D eigenvalue weighted by molar-refractivity contribution is -0.151. The molecule has 0 aromatic heterocycles. The van der Waals surface area contributed by atoms with Crippen molar-refractivity contribution in [2.75, 3.05) is 0 Å². The molecular formula is C19H18FNO4. The van der Waals surface area contributed by atoms with Crippen molar-refractivity contribution in [3.05, 3.63) is 71.5 Å². The second-order valence-corrected chi connectivity index (χ2v) is 5.93. The van der Waals surface area contributed by atoms with Crippen LogP contribution in [-0.2, 0) is 14.3 Å². The largest absolute Gasteiger partial charge is 0.479 e. The molecule has 0 radical (unpaired) electrons. The van der Waals surface area contributed by atoms with E-state index in [0.29, 0.717) is 12.8 Å². The van der Waals surface area contributed by atoms with Crippen molar-refractivity contribution in [3.8, 4) is 0 Å².